The number of rotatable bonds is 6. The molecular formula is C25H25NO7. The van der Waals surface area contributed by atoms with Crippen LogP contribution in [0.2, 0.25) is 0 Å². The molecule has 1 amide bonds. The van der Waals surface area contributed by atoms with Crippen LogP contribution in [0.1, 0.15) is 40.4 Å². The Bertz CT molecular complexity index is 1060. The zero-order chi connectivity index (χ0) is 23.2. The van der Waals surface area contributed by atoms with Crippen LogP contribution in [-0.4, -0.2) is 56.2 Å². The van der Waals surface area contributed by atoms with Crippen LogP contribution in [0.15, 0.2) is 48.5 Å². The molecule has 0 bridgehead atoms. The first-order valence-electron chi connectivity index (χ1n) is 10.8. The summed E-state index contributed by atoms with van der Waals surface area (Å²) < 4.78 is 21.0. The fourth-order valence-electron chi connectivity index (χ4n) is 3.96. The van der Waals surface area contributed by atoms with Crippen molar-refractivity contribution in [2.45, 2.75) is 18.9 Å². The van der Waals surface area contributed by atoms with E-state index in [0.29, 0.717) is 42.4 Å². The molecule has 0 spiro atoms. The molecular weight excluding hydrogens is 426 g/mol. The Kier molecular flexibility index (Phi) is 6.92. The van der Waals surface area contributed by atoms with Crippen molar-refractivity contribution < 1.29 is 33.3 Å². The van der Waals surface area contributed by atoms with Crippen molar-refractivity contribution in [2.75, 3.05) is 33.5 Å². The number of methoxy groups -OCH3 is 1. The van der Waals surface area contributed by atoms with E-state index in [1.165, 1.54) is 13.2 Å². The van der Waals surface area contributed by atoms with Crippen LogP contribution in [0.5, 0.6) is 11.5 Å². The predicted molar refractivity (Wildman–Crippen MR) is 119 cm³/mol. The normalized spacial score (nSPS) is 17.1. The van der Waals surface area contributed by atoms with E-state index in [2.05, 4.69) is 4.74 Å². The number of hydrogen-bond donors (Lipinski definition) is 0. The monoisotopic (exact) mass is 451 g/mol. The third kappa shape index (κ3) is 5.34. The standard InChI is InChI=1S/C25H25NO7/c1-30-25(29)18-7-4-17(5-8-18)6-11-24(28)33-16-23(27)26-12-2-3-20(26)19-9-10-21-22(15-19)32-14-13-31-21/h4-11,15,20H,2-3,12-14,16H2,1H3/b11-6+. The van der Waals surface area contributed by atoms with E-state index >= 15 is 0 Å². The fourth-order valence-corrected chi connectivity index (χ4v) is 3.96. The van der Waals surface area contributed by atoms with E-state index in [1.54, 1.807) is 35.2 Å². The maximum Gasteiger partial charge on any atom is 0.337 e. The summed E-state index contributed by atoms with van der Waals surface area (Å²) >= 11 is 0. The maximum atomic E-state index is 12.8. The van der Waals surface area contributed by atoms with Gasteiger partial charge in [-0.15, -0.1) is 0 Å². The zero-order valence-corrected chi connectivity index (χ0v) is 18.3. The molecule has 33 heavy (non-hydrogen) atoms. The van der Waals surface area contributed by atoms with Gasteiger partial charge in [0.2, 0.25) is 0 Å². The van der Waals surface area contributed by atoms with Crippen LogP contribution in [0, 0.1) is 0 Å². The summed E-state index contributed by atoms with van der Waals surface area (Å²) in [5, 5.41) is 0. The first-order chi connectivity index (χ1) is 16.0. The molecule has 1 atom stereocenters. The van der Waals surface area contributed by atoms with Gasteiger partial charge in [0.15, 0.2) is 18.1 Å². The lowest BCUT2D eigenvalue weighted by Gasteiger charge is -2.26. The number of ether oxygens (including phenoxy) is 4. The molecule has 2 aliphatic heterocycles. The highest BCUT2D eigenvalue weighted by atomic mass is 16.6. The highest BCUT2D eigenvalue weighted by Gasteiger charge is 2.31. The topological polar surface area (TPSA) is 91.4 Å². The third-order valence-electron chi connectivity index (χ3n) is 5.61. The molecule has 0 aromatic heterocycles. The Morgan fingerprint density at radius 3 is 2.58 bits per heavy atom. The Labute approximate surface area is 191 Å². The summed E-state index contributed by atoms with van der Waals surface area (Å²) in [6.07, 6.45) is 4.52. The van der Waals surface area contributed by atoms with Crippen LogP contribution in [-0.2, 0) is 19.1 Å². The number of nitrogens with zero attached hydrogens (tertiary/aromatic N) is 1. The molecule has 1 saturated heterocycles. The molecule has 1 fully saturated rings. The van der Waals surface area contributed by atoms with E-state index in [4.69, 9.17) is 14.2 Å². The highest BCUT2D eigenvalue weighted by molar-refractivity contribution is 5.91. The van der Waals surface area contributed by atoms with Crippen LogP contribution >= 0.6 is 0 Å². The van der Waals surface area contributed by atoms with Gasteiger partial charge in [-0.05, 0) is 54.3 Å². The van der Waals surface area contributed by atoms with E-state index < -0.39 is 11.9 Å². The zero-order valence-electron chi connectivity index (χ0n) is 18.3. The second-order valence-corrected chi connectivity index (χ2v) is 7.70. The van der Waals surface area contributed by atoms with Gasteiger partial charge in [-0.2, -0.15) is 0 Å². The Morgan fingerprint density at radius 2 is 1.82 bits per heavy atom. The van der Waals surface area contributed by atoms with Crippen molar-refractivity contribution in [3.05, 3.63) is 65.2 Å². The Balaban J connectivity index is 1.31. The number of hydrogen-bond acceptors (Lipinski definition) is 7. The molecule has 8 nitrogen and oxygen atoms in total. The molecule has 0 saturated carbocycles. The lowest BCUT2D eigenvalue weighted by molar-refractivity contribution is -0.148. The lowest BCUT2D eigenvalue weighted by atomic mass is 10.0. The number of esters is 2. The second-order valence-electron chi connectivity index (χ2n) is 7.70. The average Bonchev–Trinajstić information content (AvgIpc) is 3.35. The Hall–Kier alpha value is -3.81. The molecule has 4 rings (SSSR count). The van der Waals surface area contributed by atoms with Gasteiger partial charge in [0.05, 0.1) is 18.7 Å². The van der Waals surface area contributed by atoms with E-state index in [-0.39, 0.29) is 18.6 Å². The average molecular weight is 451 g/mol. The van der Waals surface area contributed by atoms with Gasteiger partial charge < -0.3 is 23.8 Å². The summed E-state index contributed by atoms with van der Waals surface area (Å²) in [5.74, 6) is 0.114. The number of carbonyl (C=O) groups is 3. The first-order valence-corrected chi connectivity index (χ1v) is 10.8. The summed E-state index contributed by atoms with van der Waals surface area (Å²) in [7, 11) is 1.31. The van der Waals surface area contributed by atoms with Gasteiger partial charge in [0, 0.05) is 12.6 Å². The number of carbonyl (C=O) groups excluding carboxylic acids is 3. The van der Waals surface area contributed by atoms with Gasteiger partial charge in [0.25, 0.3) is 5.91 Å². The number of benzene rings is 2. The lowest BCUT2D eigenvalue weighted by Crippen LogP contribution is -2.34. The van der Waals surface area contributed by atoms with Crippen LogP contribution in [0.4, 0.5) is 0 Å². The van der Waals surface area contributed by atoms with Gasteiger partial charge >= 0.3 is 11.9 Å². The molecule has 2 aromatic carbocycles. The van der Waals surface area contributed by atoms with Crippen molar-refractivity contribution in [1.29, 1.82) is 0 Å². The fraction of sp³-hybridized carbons (Fsp3) is 0.320. The van der Waals surface area contributed by atoms with Crippen molar-refractivity contribution in [1.82, 2.24) is 4.90 Å². The largest absolute Gasteiger partial charge is 0.486 e. The molecule has 2 aromatic rings. The molecule has 0 aliphatic carbocycles. The molecule has 0 N–H and O–H groups in total. The van der Waals surface area contributed by atoms with E-state index in [1.807, 2.05) is 18.2 Å². The van der Waals surface area contributed by atoms with Crippen molar-refractivity contribution in [2.24, 2.45) is 0 Å². The van der Waals surface area contributed by atoms with Crippen LogP contribution < -0.4 is 9.47 Å². The summed E-state index contributed by atoms with van der Waals surface area (Å²) in [5.41, 5.74) is 2.11. The molecule has 2 aliphatic rings. The van der Waals surface area contributed by atoms with Crippen LogP contribution in [0.25, 0.3) is 6.08 Å². The van der Waals surface area contributed by atoms with Gasteiger partial charge in [-0.1, -0.05) is 18.2 Å². The highest BCUT2D eigenvalue weighted by Crippen LogP contribution is 2.38. The maximum absolute atomic E-state index is 12.8. The molecule has 0 radical (unpaired) electrons. The van der Waals surface area contributed by atoms with E-state index in [9.17, 15) is 14.4 Å². The van der Waals surface area contributed by atoms with Crippen molar-refractivity contribution >= 4 is 23.9 Å². The quantitative estimate of drug-likeness (QED) is 0.492. The van der Waals surface area contributed by atoms with Crippen molar-refractivity contribution in [3.8, 4) is 11.5 Å². The number of likely N-dealkylation sites (tertiary alicyclic amines) is 1. The van der Waals surface area contributed by atoms with E-state index in [0.717, 1.165) is 18.4 Å². The minimum Gasteiger partial charge on any atom is -0.486 e. The smallest absolute Gasteiger partial charge is 0.337 e. The third-order valence-corrected chi connectivity index (χ3v) is 5.61. The minimum atomic E-state index is -0.615. The molecule has 2 heterocycles. The SMILES string of the molecule is COC(=O)c1ccc(/C=C/C(=O)OCC(=O)N2CCCC2c2ccc3c(c2)OCCO3)cc1. The van der Waals surface area contributed by atoms with Crippen molar-refractivity contribution in [3.63, 3.8) is 0 Å². The molecule has 172 valence electrons. The number of fused-ring (bicyclic) bond motifs is 1. The second kappa shape index (κ2) is 10.2. The first kappa shape index (κ1) is 22.4. The van der Waals surface area contributed by atoms with Gasteiger partial charge in [-0.3, -0.25) is 4.79 Å². The predicted octanol–water partition coefficient (Wildman–Crippen LogP) is 3.16. The summed E-state index contributed by atoms with van der Waals surface area (Å²) in [4.78, 5) is 38.0. The molecule has 8 heteroatoms. The summed E-state index contributed by atoms with van der Waals surface area (Å²) in [6.45, 7) is 1.31. The Morgan fingerprint density at radius 1 is 1.06 bits per heavy atom. The minimum absolute atomic E-state index is 0.0871. The van der Waals surface area contributed by atoms with Gasteiger partial charge in [0.1, 0.15) is 13.2 Å². The number of amides is 1. The molecule has 1 unspecified atom stereocenters. The van der Waals surface area contributed by atoms with Gasteiger partial charge in [-0.25, -0.2) is 9.59 Å². The summed E-state index contributed by atoms with van der Waals surface area (Å²) in [6, 6.07) is 12.2. The van der Waals surface area contributed by atoms with Crippen LogP contribution in [0.3, 0.4) is 0 Å².